The van der Waals surface area contributed by atoms with Crippen LogP contribution in [0.4, 0.5) is 14.5 Å². The average molecular weight is 389 g/mol. The number of alkyl halides is 2. The fourth-order valence-corrected chi connectivity index (χ4v) is 3.93. The minimum absolute atomic E-state index is 0.0728. The van der Waals surface area contributed by atoms with Crippen LogP contribution in [0.25, 0.3) is 11.1 Å². The van der Waals surface area contributed by atoms with Crippen LogP contribution < -0.4 is 4.90 Å². The Morgan fingerprint density at radius 2 is 1.68 bits per heavy atom. The molecular weight excluding hydrogens is 358 g/mol. The van der Waals surface area contributed by atoms with Gasteiger partial charge in [0.2, 0.25) is 0 Å². The number of aliphatic hydroxyl groups is 1. The number of piperazine rings is 1. The fourth-order valence-electron chi connectivity index (χ4n) is 3.93. The van der Waals surface area contributed by atoms with Gasteiger partial charge in [0.25, 0.3) is 6.43 Å². The molecule has 0 amide bonds. The minimum Gasteiger partial charge on any atom is -0.392 e. The van der Waals surface area contributed by atoms with E-state index in [-0.39, 0.29) is 11.7 Å². The van der Waals surface area contributed by atoms with Gasteiger partial charge in [-0.1, -0.05) is 50.2 Å². The van der Waals surface area contributed by atoms with Crippen LogP contribution in [0.1, 0.15) is 32.3 Å². The minimum atomic E-state index is -2.49. The molecule has 1 fully saturated rings. The number of rotatable bonds is 7. The summed E-state index contributed by atoms with van der Waals surface area (Å²) in [5, 5.41) is 10.2. The van der Waals surface area contributed by atoms with E-state index < -0.39 is 6.43 Å². The highest BCUT2D eigenvalue weighted by Gasteiger charge is 2.21. The summed E-state index contributed by atoms with van der Waals surface area (Å²) in [6.45, 7) is 8.50. The van der Waals surface area contributed by atoms with Gasteiger partial charge in [0.15, 0.2) is 0 Å². The lowest BCUT2D eigenvalue weighted by Gasteiger charge is -2.37. The summed E-state index contributed by atoms with van der Waals surface area (Å²) in [7, 11) is 0. The molecule has 1 atom stereocenters. The first kappa shape index (κ1) is 20.7. The van der Waals surface area contributed by atoms with E-state index in [1.807, 2.05) is 24.3 Å². The molecule has 0 bridgehead atoms. The van der Waals surface area contributed by atoms with Crippen LogP contribution in [-0.2, 0) is 0 Å². The molecule has 0 spiro atoms. The lowest BCUT2D eigenvalue weighted by atomic mass is 9.99. The average Bonchev–Trinajstić information content (AvgIpc) is 2.68. The lowest BCUT2D eigenvalue weighted by Crippen LogP contribution is -2.48. The van der Waals surface area contributed by atoms with E-state index in [1.165, 1.54) is 6.07 Å². The van der Waals surface area contributed by atoms with Crippen molar-refractivity contribution < 1.29 is 13.9 Å². The molecule has 3 rings (SSSR count). The van der Waals surface area contributed by atoms with E-state index in [1.54, 1.807) is 18.2 Å². The Hall–Kier alpha value is -1.98. The SMILES string of the molecule is CC(C)C[C@@H](O)CN1CCN(c2cccc(-c3ccccc3C(F)F)c2)CC1. The molecule has 1 heterocycles. The van der Waals surface area contributed by atoms with Crippen molar-refractivity contribution in [2.45, 2.75) is 32.8 Å². The Balaban J connectivity index is 1.66. The van der Waals surface area contributed by atoms with Crippen molar-refractivity contribution in [3.05, 3.63) is 54.1 Å². The largest absolute Gasteiger partial charge is 0.392 e. The first-order chi connectivity index (χ1) is 13.4. The Bertz CT molecular complexity index is 758. The normalized spacial score (nSPS) is 16.8. The second kappa shape index (κ2) is 9.48. The summed E-state index contributed by atoms with van der Waals surface area (Å²) in [5.41, 5.74) is 2.55. The third kappa shape index (κ3) is 5.30. The third-order valence-corrected chi connectivity index (χ3v) is 5.30. The summed E-state index contributed by atoms with van der Waals surface area (Å²) in [4.78, 5) is 4.60. The van der Waals surface area contributed by atoms with Crippen LogP contribution in [0.15, 0.2) is 48.5 Å². The summed E-state index contributed by atoms with van der Waals surface area (Å²) >= 11 is 0. The predicted octanol–water partition coefficient (Wildman–Crippen LogP) is 4.82. The lowest BCUT2D eigenvalue weighted by molar-refractivity contribution is 0.0920. The molecule has 0 saturated carbocycles. The number of hydrogen-bond donors (Lipinski definition) is 1. The van der Waals surface area contributed by atoms with Crippen molar-refractivity contribution >= 4 is 5.69 Å². The maximum atomic E-state index is 13.4. The maximum Gasteiger partial charge on any atom is 0.264 e. The Morgan fingerprint density at radius 3 is 2.36 bits per heavy atom. The standard InChI is InChI=1S/C23H30F2N2O/c1-17(2)14-20(28)16-26-10-12-27(13-11-26)19-7-5-6-18(15-19)21-8-3-4-9-22(21)23(24)25/h3-9,15,17,20,23,28H,10-14,16H2,1-2H3/t20-/m1/s1. The molecule has 2 aromatic rings. The number of anilines is 1. The Morgan fingerprint density at radius 1 is 0.964 bits per heavy atom. The maximum absolute atomic E-state index is 13.4. The van der Waals surface area contributed by atoms with Gasteiger partial charge in [-0.3, -0.25) is 4.90 Å². The van der Waals surface area contributed by atoms with E-state index in [0.29, 0.717) is 18.0 Å². The van der Waals surface area contributed by atoms with Gasteiger partial charge in [-0.15, -0.1) is 0 Å². The number of β-amino-alcohol motifs (C(OH)–C–C–N with tert-alkyl or cyclic N) is 1. The Kier molecular flexibility index (Phi) is 7.03. The molecule has 0 aliphatic carbocycles. The second-order valence-electron chi connectivity index (χ2n) is 8.01. The van der Waals surface area contributed by atoms with Gasteiger partial charge in [-0.05, 0) is 35.6 Å². The van der Waals surface area contributed by atoms with Crippen LogP contribution in [0.2, 0.25) is 0 Å². The number of halogens is 2. The molecule has 0 unspecified atom stereocenters. The highest BCUT2D eigenvalue weighted by atomic mass is 19.3. The number of nitrogens with zero attached hydrogens (tertiary/aromatic N) is 2. The summed E-state index contributed by atoms with van der Waals surface area (Å²) in [5.74, 6) is 0.496. The fraction of sp³-hybridized carbons (Fsp3) is 0.478. The number of benzene rings is 2. The topological polar surface area (TPSA) is 26.7 Å². The van der Waals surface area contributed by atoms with Gasteiger partial charge in [-0.25, -0.2) is 8.78 Å². The first-order valence-electron chi connectivity index (χ1n) is 10.1. The van der Waals surface area contributed by atoms with Gasteiger partial charge in [0.05, 0.1) is 6.10 Å². The monoisotopic (exact) mass is 388 g/mol. The summed E-state index contributed by atoms with van der Waals surface area (Å²) in [6.07, 6.45) is -1.94. The van der Waals surface area contributed by atoms with Crippen LogP contribution >= 0.6 is 0 Å². The molecule has 1 N–H and O–H groups in total. The van der Waals surface area contributed by atoms with Crippen LogP contribution in [-0.4, -0.2) is 48.8 Å². The molecule has 2 aromatic carbocycles. The van der Waals surface area contributed by atoms with Gasteiger partial charge in [0, 0.05) is 44.0 Å². The number of aliphatic hydroxyl groups excluding tert-OH is 1. The molecule has 5 heteroatoms. The van der Waals surface area contributed by atoms with Gasteiger partial charge in [0.1, 0.15) is 0 Å². The van der Waals surface area contributed by atoms with Gasteiger partial charge >= 0.3 is 0 Å². The van der Waals surface area contributed by atoms with Gasteiger partial charge < -0.3 is 10.0 Å². The third-order valence-electron chi connectivity index (χ3n) is 5.30. The Labute approximate surface area is 166 Å². The molecular formula is C23H30F2N2O. The first-order valence-corrected chi connectivity index (χ1v) is 10.1. The van der Waals surface area contributed by atoms with E-state index in [9.17, 15) is 13.9 Å². The highest BCUT2D eigenvalue weighted by Crippen LogP contribution is 2.33. The molecule has 0 aromatic heterocycles. The highest BCUT2D eigenvalue weighted by molar-refractivity contribution is 5.71. The predicted molar refractivity (Wildman–Crippen MR) is 111 cm³/mol. The van der Waals surface area contributed by atoms with Crippen molar-refractivity contribution in [2.75, 3.05) is 37.6 Å². The van der Waals surface area contributed by atoms with E-state index in [0.717, 1.165) is 43.9 Å². The van der Waals surface area contributed by atoms with E-state index >= 15 is 0 Å². The van der Waals surface area contributed by atoms with Crippen LogP contribution in [0.3, 0.4) is 0 Å². The van der Waals surface area contributed by atoms with Crippen molar-refractivity contribution in [3.8, 4) is 11.1 Å². The smallest absolute Gasteiger partial charge is 0.264 e. The zero-order valence-electron chi connectivity index (χ0n) is 16.7. The zero-order chi connectivity index (χ0) is 20.1. The molecule has 1 saturated heterocycles. The molecule has 1 aliphatic rings. The quantitative estimate of drug-likeness (QED) is 0.737. The molecule has 152 valence electrons. The second-order valence-corrected chi connectivity index (χ2v) is 8.01. The zero-order valence-corrected chi connectivity index (χ0v) is 16.7. The van der Waals surface area contributed by atoms with Gasteiger partial charge in [-0.2, -0.15) is 0 Å². The van der Waals surface area contributed by atoms with Crippen LogP contribution in [0.5, 0.6) is 0 Å². The molecule has 28 heavy (non-hydrogen) atoms. The van der Waals surface area contributed by atoms with Crippen molar-refractivity contribution in [1.82, 2.24) is 4.90 Å². The molecule has 1 aliphatic heterocycles. The van der Waals surface area contributed by atoms with E-state index in [2.05, 4.69) is 23.6 Å². The summed E-state index contributed by atoms with van der Waals surface area (Å²) in [6, 6.07) is 14.6. The van der Waals surface area contributed by atoms with Crippen LogP contribution in [0, 0.1) is 5.92 Å². The van der Waals surface area contributed by atoms with Crippen molar-refractivity contribution in [2.24, 2.45) is 5.92 Å². The number of hydrogen-bond acceptors (Lipinski definition) is 3. The van der Waals surface area contributed by atoms with Crippen molar-refractivity contribution in [1.29, 1.82) is 0 Å². The molecule has 3 nitrogen and oxygen atoms in total. The van der Waals surface area contributed by atoms with E-state index in [4.69, 9.17) is 0 Å². The van der Waals surface area contributed by atoms with Crippen molar-refractivity contribution in [3.63, 3.8) is 0 Å². The molecule has 0 radical (unpaired) electrons. The summed E-state index contributed by atoms with van der Waals surface area (Å²) < 4.78 is 26.7.